The second-order valence-electron chi connectivity index (χ2n) is 3.11. The summed E-state index contributed by atoms with van der Waals surface area (Å²) in [4.78, 5) is 14.6. The predicted molar refractivity (Wildman–Crippen MR) is 45.3 cm³/mol. The van der Waals surface area contributed by atoms with Crippen LogP contribution >= 0.6 is 0 Å². The van der Waals surface area contributed by atoms with Crippen LogP contribution in [-0.4, -0.2) is 22.5 Å². The lowest BCUT2D eigenvalue weighted by atomic mass is 10.2. The van der Waals surface area contributed by atoms with Crippen LogP contribution in [0.25, 0.3) is 0 Å². The summed E-state index contributed by atoms with van der Waals surface area (Å²) in [5.74, 6) is -0.436. The number of nitrogens with zero attached hydrogens (tertiary/aromatic N) is 1. The van der Waals surface area contributed by atoms with Gasteiger partial charge in [-0.05, 0) is 5.92 Å². The molecule has 0 saturated heterocycles. The van der Waals surface area contributed by atoms with E-state index in [9.17, 15) is 4.79 Å². The number of aromatic hydroxyl groups is 1. The number of hydrogen-bond donors (Lipinski definition) is 2. The Labute approximate surface area is 75.8 Å². The minimum absolute atomic E-state index is 0.113. The van der Waals surface area contributed by atoms with Crippen molar-refractivity contribution in [3.8, 4) is 5.88 Å². The first-order valence-electron chi connectivity index (χ1n) is 4.02. The van der Waals surface area contributed by atoms with E-state index in [2.05, 4.69) is 14.7 Å². The number of carbonyl (C=O) groups is 1. The monoisotopic (exact) mass is 184 g/mol. The van der Waals surface area contributed by atoms with Crippen LogP contribution in [-0.2, 0) is 0 Å². The Kier molecular flexibility index (Phi) is 2.89. The van der Waals surface area contributed by atoms with Crippen LogP contribution in [0, 0.1) is 5.92 Å². The number of oxazole rings is 1. The summed E-state index contributed by atoms with van der Waals surface area (Å²) in [5.41, 5.74) is 0. The van der Waals surface area contributed by atoms with E-state index in [1.807, 2.05) is 13.8 Å². The van der Waals surface area contributed by atoms with E-state index in [1.165, 1.54) is 0 Å². The Balaban J connectivity index is 2.49. The second kappa shape index (κ2) is 3.93. The van der Waals surface area contributed by atoms with Gasteiger partial charge in [0.05, 0.1) is 0 Å². The zero-order valence-electron chi connectivity index (χ0n) is 7.57. The summed E-state index contributed by atoms with van der Waals surface area (Å²) < 4.78 is 4.69. The van der Waals surface area contributed by atoms with Crippen molar-refractivity contribution in [1.82, 2.24) is 10.3 Å². The Bertz CT molecular complexity index is 293. The lowest BCUT2D eigenvalue weighted by molar-refractivity contribution is 0.0914. The molecule has 0 aliphatic rings. The van der Waals surface area contributed by atoms with E-state index in [-0.39, 0.29) is 11.8 Å². The second-order valence-corrected chi connectivity index (χ2v) is 3.11. The number of hydrogen-bond acceptors (Lipinski definition) is 4. The molecule has 0 atom stereocenters. The molecule has 0 aliphatic carbocycles. The molecule has 72 valence electrons. The standard InChI is InChI=1S/C8H12N2O3/c1-5(2)3-9-7(12)8-10-6(11)4-13-8/h4-5,11H,3H2,1-2H3,(H,9,12). The molecule has 0 aliphatic heterocycles. The lowest BCUT2D eigenvalue weighted by Crippen LogP contribution is -2.27. The third-order valence-electron chi connectivity index (χ3n) is 1.36. The van der Waals surface area contributed by atoms with Gasteiger partial charge in [0.2, 0.25) is 0 Å². The third kappa shape index (κ3) is 2.77. The largest absolute Gasteiger partial charge is 0.491 e. The predicted octanol–water partition coefficient (Wildman–Crippen LogP) is 0.766. The molecule has 1 aromatic rings. The van der Waals surface area contributed by atoms with Gasteiger partial charge in [0, 0.05) is 6.54 Å². The quantitative estimate of drug-likeness (QED) is 0.727. The molecule has 0 unspecified atom stereocenters. The van der Waals surface area contributed by atoms with E-state index in [4.69, 9.17) is 5.11 Å². The molecule has 13 heavy (non-hydrogen) atoms. The summed E-state index contributed by atoms with van der Waals surface area (Å²) in [6.45, 7) is 4.52. The highest BCUT2D eigenvalue weighted by atomic mass is 16.4. The molecule has 0 radical (unpaired) electrons. The van der Waals surface area contributed by atoms with Gasteiger partial charge in [-0.3, -0.25) is 4.79 Å². The average Bonchev–Trinajstić information content (AvgIpc) is 2.47. The van der Waals surface area contributed by atoms with Gasteiger partial charge < -0.3 is 14.8 Å². The average molecular weight is 184 g/mol. The first-order chi connectivity index (χ1) is 6.09. The van der Waals surface area contributed by atoms with Gasteiger partial charge in [0.15, 0.2) is 6.26 Å². The molecular weight excluding hydrogens is 172 g/mol. The van der Waals surface area contributed by atoms with Crippen molar-refractivity contribution in [1.29, 1.82) is 0 Å². The van der Waals surface area contributed by atoms with E-state index < -0.39 is 5.91 Å². The van der Waals surface area contributed by atoms with Gasteiger partial charge in [-0.2, -0.15) is 4.98 Å². The SMILES string of the molecule is CC(C)CNC(=O)c1nc(O)co1. The summed E-state index contributed by atoms with van der Waals surface area (Å²) in [5, 5.41) is 11.4. The maximum atomic E-state index is 11.2. The Hall–Kier alpha value is -1.52. The topological polar surface area (TPSA) is 75.4 Å². The van der Waals surface area contributed by atoms with Gasteiger partial charge in [0.25, 0.3) is 11.8 Å². The van der Waals surface area contributed by atoms with Crippen molar-refractivity contribution in [3.63, 3.8) is 0 Å². The maximum Gasteiger partial charge on any atom is 0.307 e. The van der Waals surface area contributed by atoms with Crippen LogP contribution in [0.2, 0.25) is 0 Å². The van der Waals surface area contributed by atoms with E-state index in [0.717, 1.165) is 6.26 Å². The minimum atomic E-state index is -0.408. The zero-order chi connectivity index (χ0) is 9.84. The fourth-order valence-corrected chi connectivity index (χ4v) is 0.742. The van der Waals surface area contributed by atoms with E-state index >= 15 is 0 Å². The van der Waals surface area contributed by atoms with Gasteiger partial charge >= 0.3 is 5.91 Å². The van der Waals surface area contributed by atoms with Gasteiger partial charge in [-0.15, -0.1) is 0 Å². The number of aromatic nitrogens is 1. The van der Waals surface area contributed by atoms with Crippen molar-refractivity contribution in [2.45, 2.75) is 13.8 Å². The first-order valence-corrected chi connectivity index (χ1v) is 4.02. The summed E-state index contributed by atoms with van der Waals surface area (Å²) in [6.07, 6.45) is 1.02. The molecule has 1 rings (SSSR count). The molecule has 5 nitrogen and oxygen atoms in total. The minimum Gasteiger partial charge on any atom is -0.491 e. The molecule has 0 bridgehead atoms. The third-order valence-corrected chi connectivity index (χ3v) is 1.36. The molecule has 0 spiro atoms. The van der Waals surface area contributed by atoms with Crippen molar-refractivity contribution in [2.24, 2.45) is 5.92 Å². The number of carbonyl (C=O) groups excluding carboxylic acids is 1. The molecule has 0 aromatic carbocycles. The Morgan fingerprint density at radius 2 is 2.46 bits per heavy atom. The number of nitrogens with one attached hydrogen (secondary N) is 1. The van der Waals surface area contributed by atoms with Crippen molar-refractivity contribution in [3.05, 3.63) is 12.2 Å². The van der Waals surface area contributed by atoms with E-state index in [1.54, 1.807) is 0 Å². The van der Waals surface area contributed by atoms with Crippen molar-refractivity contribution in [2.75, 3.05) is 6.54 Å². The van der Waals surface area contributed by atoms with Gasteiger partial charge in [-0.1, -0.05) is 13.8 Å². The molecule has 1 aromatic heterocycles. The number of rotatable bonds is 3. The van der Waals surface area contributed by atoms with Gasteiger partial charge in [0.1, 0.15) is 0 Å². The Morgan fingerprint density at radius 1 is 1.77 bits per heavy atom. The van der Waals surface area contributed by atoms with E-state index in [0.29, 0.717) is 12.5 Å². The highest BCUT2D eigenvalue weighted by Gasteiger charge is 2.12. The van der Waals surface area contributed by atoms with Crippen LogP contribution in [0.5, 0.6) is 5.88 Å². The molecule has 2 N–H and O–H groups in total. The summed E-state index contributed by atoms with van der Waals surface area (Å²) in [6, 6.07) is 0. The summed E-state index contributed by atoms with van der Waals surface area (Å²) >= 11 is 0. The zero-order valence-corrected chi connectivity index (χ0v) is 7.57. The lowest BCUT2D eigenvalue weighted by Gasteiger charge is -2.04. The number of amides is 1. The van der Waals surface area contributed by atoms with Crippen molar-refractivity contribution < 1.29 is 14.3 Å². The van der Waals surface area contributed by atoms with Crippen LogP contribution < -0.4 is 5.32 Å². The maximum absolute atomic E-state index is 11.2. The molecular formula is C8H12N2O3. The summed E-state index contributed by atoms with van der Waals surface area (Å²) in [7, 11) is 0. The fourth-order valence-electron chi connectivity index (χ4n) is 0.742. The molecule has 0 fully saturated rings. The van der Waals surface area contributed by atoms with Crippen LogP contribution in [0.15, 0.2) is 10.7 Å². The van der Waals surface area contributed by atoms with Crippen molar-refractivity contribution >= 4 is 5.91 Å². The highest BCUT2D eigenvalue weighted by Crippen LogP contribution is 2.06. The normalized spacial score (nSPS) is 10.4. The molecule has 0 saturated carbocycles. The molecule has 1 amide bonds. The van der Waals surface area contributed by atoms with Crippen LogP contribution in [0.3, 0.4) is 0 Å². The fraction of sp³-hybridized carbons (Fsp3) is 0.500. The molecule has 1 heterocycles. The van der Waals surface area contributed by atoms with Crippen LogP contribution in [0.4, 0.5) is 0 Å². The Morgan fingerprint density at radius 3 is 2.92 bits per heavy atom. The molecule has 5 heteroatoms. The first kappa shape index (κ1) is 9.57. The smallest absolute Gasteiger partial charge is 0.307 e. The van der Waals surface area contributed by atoms with Gasteiger partial charge in [-0.25, -0.2) is 0 Å². The highest BCUT2D eigenvalue weighted by molar-refractivity contribution is 5.89. The van der Waals surface area contributed by atoms with Crippen LogP contribution in [0.1, 0.15) is 24.5 Å².